The fourth-order valence-electron chi connectivity index (χ4n) is 1.91. The smallest absolute Gasteiger partial charge is 0.195 e. The molecule has 0 heterocycles. The Morgan fingerprint density at radius 1 is 0.692 bits per heavy atom. The molecule has 0 bridgehead atoms. The molecule has 0 aromatic heterocycles. The SMILES string of the molecule is CC(C)(C)N[Si](C)(C)NC(C)(C)C. The Kier molecular flexibility index (Phi) is 3.75. The van der Waals surface area contributed by atoms with Gasteiger partial charge in [-0.15, -0.1) is 0 Å². The highest BCUT2D eigenvalue weighted by Crippen LogP contribution is 2.09. The van der Waals surface area contributed by atoms with Gasteiger partial charge < -0.3 is 9.96 Å². The molecular weight excluding hydrogens is 176 g/mol. The van der Waals surface area contributed by atoms with Crippen LogP contribution in [0.3, 0.4) is 0 Å². The average Bonchev–Trinajstić information content (AvgIpc) is 1.43. The van der Waals surface area contributed by atoms with Crippen molar-refractivity contribution in [2.75, 3.05) is 0 Å². The van der Waals surface area contributed by atoms with Crippen molar-refractivity contribution in [3.05, 3.63) is 0 Å². The number of nitrogens with one attached hydrogen (secondary N) is 2. The molecule has 0 aliphatic heterocycles. The van der Waals surface area contributed by atoms with Gasteiger partial charge in [-0.25, -0.2) is 0 Å². The zero-order chi connectivity index (χ0) is 10.9. The molecule has 0 unspecified atom stereocenters. The number of rotatable bonds is 2. The minimum atomic E-state index is -1.47. The molecular formula is C10H26N2Si. The quantitative estimate of drug-likeness (QED) is 0.672. The molecule has 0 atom stereocenters. The van der Waals surface area contributed by atoms with E-state index in [0.29, 0.717) is 0 Å². The molecule has 80 valence electrons. The average molecular weight is 202 g/mol. The van der Waals surface area contributed by atoms with Crippen molar-refractivity contribution >= 4 is 8.40 Å². The first-order valence-electron chi connectivity index (χ1n) is 5.00. The summed E-state index contributed by atoms with van der Waals surface area (Å²) in [6, 6.07) is 0. The molecule has 0 saturated heterocycles. The van der Waals surface area contributed by atoms with Crippen LogP contribution in [-0.4, -0.2) is 19.5 Å². The predicted molar refractivity (Wildman–Crippen MR) is 63.3 cm³/mol. The standard InChI is InChI=1S/C10H26N2Si/c1-9(2,3)11-13(7,8)12-10(4,5)6/h11-12H,1-8H3. The lowest BCUT2D eigenvalue weighted by Crippen LogP contribution is -2.67. The summed E-state index contributed by atoms with van der Waals surface area (Å²) in [4.78, 5) is 7.36. The van der Waals surface area contributed by atoms with Crippen molar-refractivity contribution in [3.8, 4) is 0 Å². The van der Waals surface area contributed by atoms with Crippen molar-refractivity contribution in [3.63, 3.8) is 0 Å². The van der Waals surface area contributed by atoms with Gasteiger partial charge >= 0.3 is 0 Å². The Morgan fingerprint density at radius 2 is 0.923 bits per heavy atom. The number of hydrogen-bond acceptors (Lipinski definition) is 2. The minimum absolute atomic E-state index is 0.202. The lowest BCUT2D eigenvalue weighted by Gasteiger charge is -2.38. The number of hydrogen-bond donors (Lipinski definition) is 2. The molecule has 2 nitrogen and oxygen atoms in total. The summed E-state index contributed by atoms with van der Waals surface area (Å²) >= 11 is 0. The Morgan fingerprint density at radius 3 is 1.08 bits per heavy atom. The Balaban J connectivity index is 4.25. The highest BCUT2D eigenvalue weighted by atomic mass is 28.3. The van der Waals surface area contributed by atoms with E-state index in [-0.39, 0.29) is 11.1 Å². The lowest BCUT2D eigenvalue weighted by atomic mass is 10.1. The summed E-state index contributed by atoms with van der Waals surface area (Å²) in [7, 11) is -1.47. The third-order valence-electron chi connectivity index (χ3n) is 1.38. The summed E-state index contributed by atoms with van der Waals surface area (Å²) in [5, 5.41) is 0. The highest BCUT2D eigenvalue weighted by Gasteiger charge is 2.30. The maximum atomic E-state index is 3.68. The van der Waals surface area contributed by atoms with Crippen LogP contribution in [0.25, 0.3) is 0 Å². The molecule has 0 rings (SSSR count). The van der Waals surface area contributed by atoms with Crippen LogP contribution in [0.1, 0.15) is 41.5 Å². The van der Waals surface area contributed by atoms with Crippen LogP contribution in [0, 0.1) is 0 Å². The van der Waals surface area contributed by atoms with Crippen LogP contribution >= 0.6 is 0 Å². The van der Waals surface area contributed by atoms with E-state index in [9.17, 15) is 0 Å². The summed E-state index contributed by atoms with van der Waals surface area (Å²) in [6.45, 7) is 17.9. The van der Waals surface area contributed by atoms with E-state index >= 15 is 0 Å². The maximum absolute atomic E-state index is 3.68. The first-order chi connectivity index (χ1) is 5.41. The molecule has 13 heavy (non-hydrogen) atoms. The van der Waals surface area contributed by atoms with Crippen molar-refractivity contribution in [2.24, 2.45) is 0 Å². The second-order valence-corrected chi connectivity index (χ2v) is 10.1. The third kappa shape index (κ3) is 8.47. The fraction of sp³-hybridized carbons (Fsp3) is 1.00. The van der Waals surface area contributed by atoms with Gasteiger partial charge in [0, 0.05) is 11.1 Å². The zero-order valence-electron chi connectivity index (χ0n) is 10.5. The molecule has 0 aliphatic rings. The van der Waals surface area contributed by atoms with Crippen LogP contribution in [0.5, 0.6) is 0 Å². The Labute approximate surface area is 84.7 Å². The molecule has 0 fully saturated rings. The molecule has 0 aromatic rings. The van der Waals surface area contributed by atoms with Crippen LogP contribution < -0.4 is 9.96 Å². The normalized spacial score (nSPS) is 14.8. The minimum Gasteiger partial charge on any atom is -0.321 e. The van der Waals surface area contributed by atoms with Gasteiger partial charge in [0.1, 0.15) is 0 Å². The van der Waals surface area contributed by atoms with E-state index in [1.807, 2.05) is 0 Å². The summed E-state index contributed by atoms with van der Waals surface area (Å²) in [5.41, 5.74) is 0.405. The van der Waals surface area contributed by atoms with Crippen molar-refractivity contribution in [1.82, 2.24) is 9.96 Å². The Bertz CT molecular complexity index is 145. The van der Waals surface area contributed by atoms with Crippen molar-refractivity contribution in [1.29, 1.82) is 0 Å². The topological polar surface area (TPSA) is 24.1 Å². The van der Waals surface area contributed by atoms with E-state index in [1.54, 1.807) is 0 Å². The zero-order valence-corrected chi connectivity index (χ0v) is 11.5. The van der Waals surface area contributed by atoms with E-state index in [1.165, 1.54) is 0 Å². The fourth-order valence-corrected chi connectivity index (χ4v) is 5.72. The second-order valence-electron chi connectivity index (χ2n) is 6.38. The predicted octanol–water partition coefficient (Wildman–Crippen LogP) is 2.46. The lowest BCUT2D eigenvalue weighted by molar-refractivity contribution is 0.466. The van der Waals surface area contributed by atoms with Gasteiger partial charge in [0.25, 0.3) is 0 Å². The van der Waals surface area contributed by atoms with E-state index < -0.39 is 8.40 Å². The molecule has 0 spiro atoms. The van der Waals surface area contributed by atoms with Gasteiger partial charge in [-0.05, 0) is 54.6 Å². The third-order valence-corrected chi connectivity index (χ3v) is 4.12. The molecule has 0 radical (unpaired) electrons. The van der Waals surface area contributed by atoms with Crippen molar-refractivity contribution < 1.29 is 0 Å². The van der Waals surface area contributed by atoms with E-state index in [4.69, 9.17) is 0 Å². The van der Waals surface area contributed by atoms with Crippen LogP contribution in [0.2, 0.25) is 13.1 Å². The van der Waals surface area contributed by atoms with Gasteiger partial charge in [0.15, 0.2) is 8.40 Å². The first kappa shape index (κ1) is 13.1. The first-order valence-corrected chi connectivity index (χ1v) is 8.00. The summed E-state index contributed by atoms with van der Waals surface area (Å²) < 4.78 is 0. The molecule has 0 amide bonds. The highest BCUT2D eigenvalue weighted by molar-refractivity contribution is 6.72. The van der Waals surface area contributed by atoms with Crippen LogP contribution in [0.15, 0.2) is 0 Å². The van der Waals surface area contributed by atoms with E-state index in [0.717, 1.165) is 0 Å². The summed E-state index contributed by atoms with van der Waals surface area (Å²) in [5.74, 6) is 0. The molecule has 3 heteroatoms. The summed E-state index contributed by atoms with van der Waals surface area (Å²) in [6.07, 6.45) is 0. The van der Waals surface area contributed by atoms with Crippen LogP contribution in [0.4, 0.5) is 0 Å². The van der Waals surface area contributed by atoms with Crippen molar-refractivity contribution in [2.45, 2.75) is 65.7 Å². The van der Waals surface area contributed by atoms with Gasteiger partial charge in [-0.3, -0.25) is 0 Å². The molecule has 2 N–H and O–H groups in total. The largest absolute Gasteiger partial charge is 0.321 e. The second kappa shape index (κ2) is 3.71. The maximum Gasteiger partial charge on any atom is 0.195 e. The van der Waals surface area contributed by atoms with Crippen LogP contribution in [-0.2, 0) is 0 Å². The van der Waals surface area contributed by atoms with Gasteiger partial charge in [0.2, 0.25) is 0 Å². The van der Waals surface area contributed by atoms with Gasteiger partial charge in [-0.1, -0.05) is 0 Å². The van der Waals surface area contributed by atoms with Gasteiger partial charge in [0.05, 0.1) is 0 Å². The molecule has 0 aliphatic carbocycles. The van der Waals surface area contributed by atoms with Gasteiger partial charge in [-0.2, -0.15) is 0 Å². The molecule has 0 aromatic carbocycles. The monoisotopic (exact) mass is 202 g/mol. The molecule has 0 saturated carbocycles. The Hall–Kier alpha value is 0.137. The van der Waals surface area contributed by atoms with E-state index in [2.05, 4.69) is 64.6 Å².